The zero-order chi connectivity index (χ0) is 12.8. The van der Waals surface area contributed by atoms with Crippen LogP contribution in [0, 0.1) is 11.3 Å². The van der Waals surface area contributed by atoms with Crippen LogP contribution in [0.15, 0.2) is 0 Å². The molecule has 4 heteroatoms. The van der Waals surface area contributed by atoms with Crippen molar-refractivity contribution in [2.24, 2.45) is 11.3 Å². The number of carbonyl (C=O) groups is 1. The summed E-state index contributed by atoms with van der Waals surface area (Å²) in [5.74, 6) is 0.597. The third kappa shape index (κ3) is 3.69. The molecule has 0 aromatic rings. The maximum atomic E-state index is 11.9. The van der Waals surface area contributed by atoms with E-state index in [0.717, 1.165) is 32.8 Å². The van der Waals surface area contributed by atoms with Crippen molar-refractivity contribution in [1.29, 1.82) is 0 Å². The fourth-order valence-electron chi connectivity index (χ4n) is 3.17. The Morgan fingerprint density at radius 3 is 2.83 bits per heavy atom. The summed E-state index contributed by atoms with van der Waals surface area (Å²) in [6.45, 7) is 3.09. The van der Waals surface area contributed by atoms with Gasteiger partial charge < -0.3 is 14.8 Å². The minimum absolute atomic E-state index is 0.174. The molecule has 2 rings (SSSR count). The molecule has 0 unspecified atom stereocenters. The minimum Gasteiger partial charge on any atom is -0.384 e. The van der Waals surface area contributed by atoms with Crippen LogP contribution in [0.3, 0.4) is 0 Å². The van der Waals surface area contributed by atoms with Gasteiger partial charge in [0.15, 0.2) is 0 Å². The predicted molar refractivity (Wildman–Crippen MR) is 69.3 cm³/mol. The molecule has 1 aliphatic carbocycles. The lowest BCUT2D eigenvalue weighted by atomic mass is 9.87. The van der Waals surface area contributed by atoms with Crippen LogP contribution in [0.4, 0.5) is 0 Å². The van der Waals surface area contributed by atoms with E-state index >= 15 is 0 Å². The largest absolute Gasteiger partial charge is 0.384 e. The monoisotopic (exact) mass is 255 g/mol. The van der Waals surface area contributed by atoms with Crippen molar-refractivity contribution in [2.75, 3.05) is 33.5 Å². The number of nitrogens with one attached hydrogen (secondary N) is 1. The number of carbonyl (C=O) groups excluding carboxylic acids is 1. The number of rotatable bonds is 6. The van der Waals surface area contributed by atoms with Gasteiger partial charge in [0.2, 0.25) is 5.91 Å². The summed E-state index contributed by atoms with van der Waals surface area (Å²) in [5, 5.41) is 3.10. The molecule has 1 saturated heterocycles. The van der Waals surface area contributed by atoms with E-state index in [1.807, 2.05) is 0 Å². The predicted octanol–water partition coefficient (Wildman–Crippen LogP) is 1.74. The highest BCUT2D eigenvalue weighted by Crippen LogP contribution is 2.37. The summed E-state index contributed by atoms with van der Waals surface area (Å²) >= 11 is 0. The van der Waals surface area contributed by atoms with Gasteiger partial charge in [0.25, 0.3) is 0 Å². The van der Waals surface area contributed by atoms with Gasteiger partial charge in [-0.3, -0.25) is 4.79 Å². The standard InChI is InChI=1S/C14H25NO3/c1-17-11-14(5-2-3-6-14)10-15-13(16)8-12-4-7-18-9-12/h12H,2-11H2,1H3,(H,15,16)/t12-/m0/s1. The summed E-state index contributed by atoms with van der Waals surface area (Å²) in [7, 11) is 1.75. The lowest BCUT2D eigenvalue weighted by Crippen LogP contribution is -2.39. The number of methoxy groups -OCH3 is 1. The van der Waals surface area contributed by atoms with E-state index in [1.54, 1.807) is 7.11 Å². The molecular weight excluding hydrogens is 230 g/mol. The Kier molecular flexibility index (Phi) is 5.01. The number of amides is 1. The van der Waals surface area contributed by atoms with Crippen molar-refractivity contribution >= 4 is 5.91 Å². The second-order valence-corrected chi connectivity index (χ2v) is 5.85. The average molecular weight is 255 g/mol. The van der Waals surface area contributed by atoms with Crippen molar-refractivity contribution in [3.8, 4) is 0 Å². The molecule has 0 aromatic carbocycles. The van der Waals surface area contributed by atoms with Crippen LogP contribution in [-0.4, -0.2) is 39.4 Å². The molecule has 18 heavy (non-hydrogen) atoms. The molecular formula is C14H25NO3. The first kappa shape index (κ1) is 13.8. The fourth-order valence-corrected chi connectivity index (χ4v) is 3.17. The zero-order valence-electron chi connectivity index (χ0n) is 11.4. The fraction of sp³-hybridized carbons (Fsp3) is 0.929. The van der Waals surface area contributed by atoms with Crippen LogP contribution >= 0.6 is 0 Å². The van der Waals surface area contributed by atoms with Gasteiger partial charge in [-0.1, -0.05) is 12.8 Å². The molecule has 1 saturated carbocycles. The molecule has 2 fully saturated rings. The number of hydrogen-bond donors (Lipinski definition) is 1. The van der Waals surface area contributed by atoms with Crippen LogP contribution in [0.5, 0.6) is 0 Å². The highest BCUT2D eigenvalue weighted by Gasteiger charge is 2.34. The molecule has 0 radical (unpaired) electrons. The molecule has 4 nitrogen and oxygen atoms in total. The molecule has 1 aliphatic heterocycles. The van der Waals surface area contributed by atoms with Crippen LogP contribution in [0.1, 0.15) is 38.5 Å². The molecule has 0 bridgehead atoms. The van der Waals surface area contributed by atoms with Crippen LogP contribution in [0.25, 0.3) is 0 Å². The van der Waals surface area contributed by atoms with Crippen molar-refractivity contribution in [1.82, 2.24) is 5.32 Å². The van der Waals surface area contributed by atoms with Gasteiger partial charge in [-0.15, -0.1) is 0 Å². The Morgan fingerprint density at radius 2 is 2.22 bits per heavy atom. The summed E-state index contributed by atoms with van der Waals surface area (Å²) < 4.78 is 10.6. The van der Waals surface area contributed by atoms with E-state index in [4.69, 9.17) is 9.47 Å². The van der Waals surface area contributed by atoms with Gasteiger partial charge in [-0.05, 0) is 25.2 Å². The van der Waals surface area contributed by atoms with Crippen molar-refractivity contribution in [2.45, 2.75) is 38.5 Å². The van der Waals surface area contributed by atoms with Crippen molar-refractivity contribution < 1.29 is 14.3 Å². The zero-order valence-corrected chi connectivity index (χ0v) is 11.4. The van der Waals surface area contributed by atoms with Crippen LogP contribution in [0.2, 0.25) is 0 Å². The maximum Gasteiger partial charge on any atom is 0.220 e. The van der Waals surface area contributed by atoms with Gasteiger partial charge in [-0.25, -0.2) is 0 Å². The van der Waals surface area contributed by atoms with Gasteiger partial charge in [0.05, 0.1) is 6.61 Å². The molecule has 1 amide bonds. The summed E-state index contributed by atoms with van der Waals surface area (Å²) in [6, 6.07) is 0. The van der Waals surface area contributed by atoms with E-state index in [1.165, 1.54) is 25.7 Å². The highest BCUT2D eigenvalue weighted by molar-refractivity contribution is 5.76. The van der Waals surface area contributed by atoms with Crippen LogP contribution in [-0.2, 0) is 14.3 Å². The first-order chi connectivity index (χ1) is 8.74. The summed E-state index contributed by atoms with van der Waals surface area (Å²) in [5.41, 5.74) is 0.191. The third-order valence-electron chi connectivity index (χ3n) is 4.27. The second-order valence-electron chi connectivity index (χ2n) is 5.85. The van der Waals surface area contributed by atoms with E-state index in [-0.39, 0.29) is 11.3 Å². The Labute approximate surface area is 109 Å². The Balaban J connectivity index is 1.73. The van der Waals surface area contributed by atoms with Gasteiger partial charge in [0, 0.05) is 38.7 Å². The molecule has 0 spiro atoms. The van der Waals surface area contributed by atoms with Gasteiger partial charge in [0.1, 0.15) is 0 Å². The molecule has 1 N–H and O–H groups in total. The molecule has 2 aliphatic rings. The van der Waals surface area contributed by atoms with E-state index < -0.39 is 0 Å². The summed E-state index contributed by atoms with van der Waals surface area (Å²) in [4.78, 5) is 11.9. The highest BCUT2D eigenvalue weighted by atomic mass is 16.5. The van der Waals surface area contributed by atoms with Crippen molar-refractivity contribution in [3.63, 3.8) is 0 Å². The van der Waals surface area contributed by atoms with Gasteiger partial charge in [-0.2, -0.15) is 0 Å². The smallest absolute Gasteiger partial charge is 0.220 e. The van der Waals surface area contributed by atoms with Crippen LogP contribution < -0.4 is 5.32 Å². The van der Waals surface area contributed by atoms with E-state index in [9.17, 15) is 4.79 Å². The first-order valence-corrected chi connectivity index (χ1v) is 7.07. The normalized spacial score (nSPS) is 26.4. The van der Waals surface area contributed by atoms with Gasteiger partial charge >= 0.3 is 0 Å². The average Bonchev–Trinajstić information content (AvgIpc) is 2.99. The lowest BCUT2D eigenvalue weighted by Gasteiger charge is -2.28. The molecule has 104 valence electrons. The first-order valence-electron chi connectivity index (χ1n) is 7.07. The SMILES string of the molecule is COCC1(CNC(=O)C[C@@H]2CCOC2)CCCC1. The second kappa shape index (κ2) is 6.53. The third-order valence-corrected chi connectivity index (χ3v) is 4.27. The summed E-state index contributed by atoms with van der Waals surface area (Å²) in [6.07, 6.45) is 6.51. The maximum absolute atomic E-state index is 11.9. The Hall–Kier alpha value is -0.610. The van der Waals surface area contributed by atoms with E-state index in [0.29, 0.717) is 12.3 Å². The molecule has 0 aromatic heterocycles. The Bertz CT molecular complexity index is 268. The molecule has 1 atom stereocenters. The topological polar surface area (TPSA) is 47.6 Å². The quantitative estimate of drug-likeness (QED) is 0.786. The number of hydrogen-bond acceptors (Lipinski definition) is 3. The lowest BCUT2D eigenvalue weighted by molar-refractivity contribution is -0.122. The Morgan fingerprint density at radius 1 is 1.44 bits per heavy atom. The van der Waals surface area contributed by atoms with E-state index in [2.05, 4.69) is 5.32 Å². The molecule has 1 heterocycles. The number of ether oxygens (including phenoxy) is 2. The minimum atomic E-state index is 0.174. The van der Waals surface area contributed by atoms with Crippen molar-refractivity contribution in [3.05, 3.63) is 0 Å².